The van der Waals surface area contributed by atoms with Crippen LogP contribution in [0.25, 0.3) is 10.2 Å². The van der Waals surface area contributed by atoms with E-state index in [4.69, 9.17) is 5.26 Å². The molecule has 1 aromatic heterocycles. The molecule has 2 aromatic carbocycles. The number of thiazole rings is 1. The van der Waals surface area contributed by atoms with Gasteiger partial charge in [-0.05, 0) is 49.2 Å². The summed E-state index contributed by atoms with van der Waals surface area (Å²) in [7, 11) is -3.61. The van der Waals surface area contributed by atoms with E-state index >= 15 is 0 Å². The van der Waals surface area contributed by atoms with Crippen LogP contribution in [0.2, 0.25) is 0 Å². The van der Waals surface area contributed by atoms with Gasteiger partial charge in [-0.25, -0.2) is 13.4 Å². The van der Waals surface area contributed by atoms with Gasteiger partial charge in [-0.3, -0.25) is 0 Å². The maximum absolute atomic E-state index is 13.1. The van der Waals surface area contributed by atoms with Crippen LogP contribution in [-0.4, -0.2) is 24.3 Å². The van der Waals surface area contributed by atoms with Crippen molar-refractivity contribution in [3.8, 4) is 6.07 Å². The molecular formula is C18H15N3O2S2. The summed E-state index contributed by atoms with van der Waals surface area (Å²) in [5.74, 6) is 0. The summed E-state index contributed by atoms with van der Waals surface area (Å²) in [4.78, 5) is 4.87. The summed E-state index contributed by atoms with van der Waals surface area (Å²) in [5, 5.41) is 9.73. The highest BCUT2D eigenvalue weighted by Gasteiger charge is 2.37. The van der Waals surface area contributed by atoms with Gasteiger partial charge in [-0.15, -0.1) is 11.3 Å². The fourth-order valence-corrected chi connectivity index (χ4v) is 5.99. The van der Waals surface area contributed by atoms with Crippen LogP contribution in [0.5, 0.6) is 0 Å². The Kier molecular flexibility index (Phi) is 4.04. The number of benzene rings is 2. The lowest BCUT2D eigenvalue weighted by molar-refractivity contribution is 0.396. The molecule has 1 aliphatic rings. The van der Waals surface area contributed by atoms with Crippen molar-refractivity contribution in [3.63, 3.8) is 0 Å². The van der Waals surface area contributed by atoms with Crippen molar-refractivity contribution in [3.05, 3.63) is 59.1 Å². The lowest BCUT2D eigenvalue weighted by atomic mass is 10.2. The van der Waals surface area contributed by atoms with Gasteiger partial charge < -0.3 is 0 Å². The Hall–Kier alpha value is -2.27. The second kappa shape index (κ2) is 6.23. The first-order valence-corrected chi connectivity index (χ1v) is 10.2. The minimum absolute atomic E-state index is 0.222. The standard InChI is InChI=1S/C18H15N3O2S2/c19-12-13-7-9-14(10-8-13)25(22,23)21-11-3-5-16(21)18-20-15-4-1-2-6-17(15)24-18/h1-2,4,6-10,16H,3,5,11H2/t16-/m1/s1. The molecule has 0 amide bonds. The topological polar surface area (TPSA) is 74.1 Å². The first-order chi connectivity index (χ1) is 12.1. The Balaban J connectivity index is 1.71. The number of nitriles is 1. The molecule has 1 fully saturated rings. The quantitative estimate of drug-likeness (QED) is 0.706. The van der Waals surface area contributed by atoms with Gasteiger partial charge in [0.1, 0.15) is 5.01 Å². The Bertz CT molecular complexity index is 1030. The van der Waals surface area contributed by atoms with Gasteiger partial charge >= 0.3 is 0 Å². The molecular weight excluding hydrogens is 354 g/mol. The van der Waals surface area contributed by atoms with E-state index in [0.29, 0.717) is 12.1 Å². The monoisotopic (exact) mass is 369 g/mol. The van der Waals surface area contributed by atoms with E-state index in [1.807, 2.05) is 30.3 Å². The molecule has 1 atom stereocenters. The van der Waals surface area contributed by atoms with E-state index in [0.717, 1.165) is 28.1 Å². The van der Waals surface area contributed by atoms with Crippen molar-refractivity contribution in [2.24, 2.45) is 0 Å². The predicted octanol–water partition coefficient (Wildman–Crippen LogP) is 3.69. The van der Waals surface area contributed by atoms with E-state index in [9.17, 15) is 8.42 Å². The number of nitrogens with zero attached hydrogens (tertiary/aromatic N) is 3. The summed E-state index contributed by atoms with van der Waals surface area (Å²) in [6, 6.07) is 15.7. The molecule has 0 N–H and O–H groups in total. The molecule has 1 aliphatic heterocycles. The van der Waals surface area contributed by atoms with E-state index in [-0.39, 0.29) is 10.9 Å². The molecule has 0 unspecified atom stereocenters. The van der Waals surface area contributed by atoms with Crippen molar-refractivity contribution >= 4 is 31.6 Å². The Morgan fingerprint density at radius 3 is 2.64 bits per heavy atom. The van der Waals surface area contributed by atoms with Crippen LogP contribution in [0, 0.1) is 11.3 Å². The van der Waals surface area contributed by atoms with Gasteiger partial charge in [0.05, 0.1) is 32.8 Å². The summed E-state index contributed by atoms with van der Waals surface area (Å²) in [5.41, 5.74) is 1.35. The summed E-state index contributed by atoms with van der Waals surface area (Å²) >= 11 is 1.56. The second-order valence-electron chi connectivity index (χ2n) is 5.93. The van der Waals surface area contributed by atoms with Crippen LogP contribution in [0.3, 0.4) is 0 Å². The third-order valence-electron chi connectivity index (χ3n) is 4.39. The van der Waals surface area contributed by atoms with Crippen molar-refractivity contribution < 1.29 is 8.42 Å². The SMILES string of the molecule is N#Cc1ccc(S(=O)(=O)N2CCC[C@@H]2c2nc3ccccc3s2)cc1. The highest BCUT2D eigenvalue weighted by molar-refractivity contribution is 7.89. The van der Waals surface area contributed by atoms with Crippen molar-refractivity contribution in [2.75, 3.05) is 6.54 Å². The smallest absolute Gasteiger partial charge is 0.239 e. The number of rotatable bonds is 3. The van der Waals surface area contributed by atoms with E-state index in [2.05, 4.69) is 4.98 Å². The van der Waals surface area contributed by atoms with Crippen LogP contribution >= 0.6 is 11.3 Å². The third kappa shape index (κ3) is 2.82. The van der Waals surface area contributed by atoms with Crippen LogP contribution in [-0.2, 0) is 10.0 Å². The zero-order valence-electron chi connectivity index (χ0n) is 13.3. The molecule has 25 heavy (non-hydrogen) atoms. The molecule has 5 nitrogen and oxygen atoms in total. The van der Waals surface area contributed by atoms with E-state index in [1.165, 1.54) is 24.3 Å². The molecule has 3 aromatic rings. The first kappa shape index (κ1) is 16.2. The number of sulfonamides is 1. The molecule has 2 heterocycles. The van der Waals surface area contributed by atoms with Crippen molar-refractivity contribution in [2.45, 2.75) is 23.8 Å². The molecule has 0 aliphatic carbocycles. The maximum Gasteiger partial charge on any atom is 0.243 e. The van der Waals surface area contributed by atoms with Gasteiger partial charge in [0.25, 0.3) is 0 Å². The van der Waals surface area contributed by atoms with Crippen molar-refractivity contribution in [1.82, 2.24) is 9.29 Å². The molecule has 0 bridgehead atoms. The fraction of sp³-hybridized carbons (Fsp3) is 0.222. The Labute approximate surface area is 150 Å². The zero-order chi connectivity index (χ0) is 17.4. The number of para-hydroxylation sites is 1. The molecule has 126 valence electrons. The van der Waals surface area contributed by atoms with Gasteiger partial charge in [-0.1, -0.05) is 12.1 Å². The number of hydrogen-bond donors (Lipinski definition) is 0. The van der Waals surface area contributed by atoms with Crippen LogP contribution in [0.15, 0.2) is 53.4 Å². The first-order valence-electron chi connectivity index (χ1n) is 7.97. The minimum atomic E-state index is -3.61. The number of aromatic nitrogens is 1. The van der Waals surface area contributed by atoms with Gasteiger partial charge in [0.15, 0.2) is 0 Å². The molecule has 0 saturated carbocycles. The van der Waals surface area contributed by atoms with E-state index < -0.39 is 10.0 Å². The number of hydrogen-bond acceptors (Lipinski definition) is 5. The van der Waals surface area contributed by atoms with Crippen LogP contribution in [0.4, 0.5) is 0 Å². The average Bonchev–Trinajstić information content (AvgIpc) is 3.28. The molecule has 1 saturated heterocycles. The normalized spacial score (nSPS) is 18.4. The minimum Gasteiger partial charge on any atom is -0.239 e. The maximum atomic E-state index is 13.1. The van der Waals surface area contributed by atoms with Crippen LogP contribution in [0.1, 0.15) is 29.5 Å². The van der Waals surface area contributed by atoms with Gasteiger partial charge in [0.2, 0.25) is 10.0 Å². The van der Waals surface area contributed by atoms with Gasteiger partial charge in [-0.2, -0.15) is 9.57 Å². The summed E-state index contributed by atoms with van der Waals surface area (Å²) < 4.78 is 28.7. The predicted molar refractivity (Wildman–Crippen MR) is 96.6 cm³/mol. The lowest BCUT2D eigenvalue weighted by Crippen LogP contribution is -2.30. The Morgan fingerprint density at radius 2 is 1.92 bits per heavy atom. The van der Waals surface area contributed by atoms with Crippen molar-refractivity contribution in [1.29, 1.82) is 5.26 Å². The largest absolute Gasteiger partial charge is 0.243 e. The zero-order valence-corrected chi connectivity index (χ0v) is 14.9. The molecule has 0 spiro atoms. The molecule has 0 radical (unpaired) electrons. The highest BCUT2D eigenvalue weighted by Crippen LogP contribution is 2.39. The fourth-order valence-electron chi connectivity index (χ4n) is 3.14. The Morgan fingerprint density at radius 1 is 1.16 bits per heavy atom. The third-order valence-corrected chi connectivity index (χ3v) is 7.45. The van der Waals surface area contributed by atoms with Gasteiger partial charge in [0, 0.05) is 6.54 Å². The summed E-state index contributed by atoms with van der Waals surface area (Å²) in [6.07, 6.45) is 1.59. The molecule has 7 heteroatoms. The van der Waals surface area contributed by atoms with E-state index in [1.54, 1.807) is 15.6 Å². The number of fused-ring (bicyclic) bond motifs is 1. The second-order valence-corrected chi connectivity index (χ2v) is 8.88. The highest BCUT2D eigenvalue weighted by atomic mass is 32.2. The van der Waals surface area contributed by atoms with Crippen LogP contribution < -0.4 is 0 Å². The molecule has 4 rings (SSSR count). The lowest BCUT2D eigenvalue weighted by Gasteiger charge is -2.22. The average molecular weight is 369 g/mol. The summed E-state index contributed by atoms with van der Waals surface area (Å²) in [6.45, 7) is 0.489.